The van der Waals surface area contributed by atoms with Crippen molar-refractivity contribution in [2.45, 2.75) is 6.54 Å². The van der Waals surface area contributed by atoms with E-state index in [1.54, 1.807) is 0 Å². The third kappa shape index (κ3) is 4.14. The molecular weight excluding hydrogens is 326 g/mol. The number of amides is 1. The summed E-state index contributed by atoms with van der Waals surface area (Å²) in [6.07, 6.45) is 1.34. The number of hydrogen-bond acceptors (Lipinski definition) is 4. The van der Waals surface area contributed by atoms with E-state index in [1.807, 2.05) is 30.3 Å². The van der Waals surface area contributed by atoms with Gasteiger partial charge in [0.1, 0.15) is 23.0 Å². The summed E-state index contributed by atoms with van der Waals surface area (Å²) in [7, 11) is 0. The number of anilines is 2. The van der Waals surface area contributed by atoms with Crippen LogP contribution in [0.25, 0.3) is 0 Å². The monoisotopic (exact) mass is 340 g/mol. The van der Waals surface area contributed by atoms with E-state index in [2.05, 4.69) is 20.6 Å². The number of rotatable bonds is 5. The first kappa shape index (κ1) is 16.5. The van der Waals surface area contributed by atoms with Crippen LogP contribution in [0.5, 0.6) is 0 Å². The standard InChI is InChI=1S/C18H14F2N4O/c19-13-7-4-8-14(20)16(13)24-18-21-10-9-15(23-18)17(25)22-11-12-5-2-1-3-6-12/h1-10H,11H2,(H,22,25)(H,21,23,24). The molecule has 2 N–H and O–H groups in total. The van der Waals surface area contributed by atoms with E-state index in [-0.39, 0.29) is 17.3 Å². The van der Waals surface area contributed by atoms with E-state index in [4.69, 9.17) is 0 Å². The van der Waals surface area contributed by atoms with Gasteiger partial charge in [0.05, 0.1) is 0 Å². The highest BCUT2D eigenvalue weighted by Crippen LogP contribution is 2.21. The molecule has 0 radical (unpaired) electrons. The van der Waals surface area contributed by atoms with E-state index in [1.165, 1.54) is 18.3 Å². The molecule has 3 rings (SSSR count). The first-order valence-corrected chi connectivity index (χ1v) is 7.49. The maximum atomic E-state index is 13.7. The molecule has 0 aliphatic rings. The van der Waals surface area contributed by atoms with Crippen molar-refractivity contribution in [3.05, 3.63) is 83.7 Å². The van der Waals surface area contributed by atoms with E-state index in [9.17, 15) is 13.6 Å². The molecule has 0 bridgehead atoms. The van der Waals surface area contributed by atoms with Crippen molar-refractivity contribution in [2.24, 2.45) is 0 Å². The van der Waals surface area contributed by atoms with Crippen LogP contribution in [0.3, 0.4) is 0 Å². The fraction of sp³-hybridized carbons (Fsp3) is 0.0556. The van der Waals surface area contributed by atoms with Crippen LogP contribution in [-0.2, 0) is 6.54 Å². The van der Waals surface area contributed by atoms with Crippen molar-refractivity contribution in [2.75, 3.05) is 5.32 Å². The molecule has 7 heteroatoms. The van der Waals surface area contributed by atoms with Gasteiger partial charge in [-0.2, -0.15) is 0 Å². The number of aromatic nitrogens is 2. The molecule has 0 unspecified atom stereocenters. The lowest BCUT2D eigenvalue weighted by atomic mass is 10.2. The molecule has 5 nitrogen and oxygen atoms in total. The zero-order valence-corrected chi connectivity index (χ0v) is 13.0. The Bertz CT molecular complexity index is 867. The second-order valence-corrected chi connectivity index (χ2v) is 5.16. The molecule has 25 heavy (non-hydrogen) atoms. The molecule has 1 heterocycles. The van der Waals surface area contributed by atoms with E-state index >= 15 is 0 Å². The van der Waals surface area contributed by atoms with Gasteiger partial charge in [0, 0.05) is 12.7 Å². The first-order chi connectivity index (χ1) is 12.1. The maximum absolute atomic E-state index is 13.7. The zero-order chi connectivity index (χ0) is 17.6. The predicted molar refractivity (Wildman–Crippen MR) is 89.3 cm³/mol. The number of carbonyl (C=O) groups is 1. The summed E-state index contributed by atoms with van der Waals surface area (Å²) in [6, 6.07) is 14.3. The Kier molecular flexibility index (Phi) is 4.94. The Morgan fingerprint density at radius 2 is 1.68 bits per heavy atom. The summed E-state index contributed by atoms with van der Waals surface area (Å²) in [6.45, 7) is 0.342. The highest BCUT2D eigenvalue weighted by molar-refractivity contribution is 5.92. The number of halogens is 2. The van der Waals surface area contributed by atoms with Crippen LogP contribution < -0.4 is 10.6 Å². The molecule has 126 valence electrons. The van der Waals surface area contributed by atoms with Gasteiger partial charge >= 0.3 is 0 Å². The Morgan fingerprint density at radius 1 is 0.960 bits per heavy atom. The zero-order valence-electron chi connectivity index (χ0n) is 13.0. The molecule has 0 aliphatic heterocycles. The summed E-state index contributed by atoms with van der Waals surface area (Å²) < 4.78 is 27.3. The number of nitrogens with zero attached hydrogens (tertiary/aromatic N) is 2. The predicted octanol–water partition coefficient (Wildman–Crippen LogP) is 3.43. The summed E-state index contributed by atoms with van der Waals surface area (Å²) in [4.78, 5) is 20.1. The quantitative estimate of drug-likeness (QED) is 0.747. The van der Waals surface area contributed by atoms with Crippen molar-refractivity contribution < 1.29 is 13.6 Å². The summed E-state index contributed by atoms with van der Waals surface area (Å²) in [5.41, 5.74) is 0.659. The Labute approximate surface area is 142 Å². The first-order valence-electron chi connectivity index (χ1n) is 7.49. The van der Waals surface area contributed by atoms with Crippen LogP contribution in [0, 0.1) is 11.6 Å². The van der Waals surface area contributed by atoms with Crippen molar-refractivity contribution in [1.82, 2.24) is 15.3 Å². The molecule has 3 aromatic rings. The maximum Gasteiger partial charge on any atom is 0.270 e. The molecule has 1 aromatic heterocycles. The van der Waals surface area contributed by atoms with Crippen molar-refractivity contribution >= 4 is 17.5 Å². The average Bonchev–Trinajstić information content (AvgIpc) is 2.64. The molecule has 2 aromatic carbocycles. The lowest BCUT2D eigenvalue weighted by Gasteiger charge is -2.09. The van der Waals surface area contributed by atoms with E-state index < -0.39 is 17.5 Å². The third-order valence-electron chi connectivity index (χ3n) is 3.38. The number of para-hydroxylation sites is 1. The van der Waals surface area contributed by atoms with Gasteiger partial charge < -0.3 is 10.6 Å². The van der Waals surface area contributed by atoms with Crippen molar-refractivity contribution in [3.8, 4) is 0 Å². The van der Waals surface area contributed by atoms with Gasteiger partial charge in [-0.3, -0.25) is 4.79 Å². The summed E-state index contributed by atoms with van der Waals surface area (Å²) >= 11 is 0. The molecular formula is C18H14F2N4O. The molecule has 0 fully saturated rings. The Morgan fingerprint density at radius 3 is 2.40 bits per heavy atom. The topological polar surface area (TPSA) is 66.9 Å². The van der Waals surface area contributed by atoms with Crippen LogP contribution in [0.15, 0.2) is 60.8 Å². The minimum absolute atomic E-state index is 0.0728. The fourth-order valence-electron chi connectivity index (χ4n) is 2.14. The van der Waals surface area contributed by atoms with Gasteiger partial charge in [0.15, 0.2) is 0 Å². The summed E-state index contributed by atoms with van der Waals surface area (Å²) in [5, 5.41) is 5.18. The van der Waals surface area contributed by atoms with Crippen molar-refractivity contribution in [3.63, 3.8) is 0 Å². The van der Waals surface area contributed by atoms with Crippen LogP contribution in [0.2, 0.25) is 0 Å². The smallest absolute Gasteiger partial charge is 0.270 e. The highest BCUT2D eigenvalue weighted by atomic mass is 19.1. The van der Waals surface area contributed by atoms with Crippen LogP contribution in [0.1, 0.15) is 16.1 Å². The van der Waals surface area contributed by atoms with Crippen molar-refractivity contribution in [1.29, 1.82) is 0 Å². The van der Waals surface area contributed by atoms with Crippen LogP contribution in [-0.4, -0.2) is 15.9 Å². The highest BCUT2D eigenvalue weighted by Gasteiger charge is 2.12. The Balaban J connectivity index is 1.72. The van der Waals surface area contributed by atoms with Crippen LogP contribution >= 0.6 is 0 Å². The number of carbonyl (C=O) groups excluding carboxylic acids is 1. The summed E-state index contributed by atoms with van der Waals surface area (Å²) in [5.74, 6) is -2.04. The number of nitrogens with one attached hydrogen (secondary N) is 2. The SMILES string of the molecule is O=C(NCc1ccccc1)c1ccnc(Nc2c(F)cccc2F)n1. The minimum atomic E-state index is -0.775. The molecule has 0 saturated heterocycles. The van der Waals surface area contributed by atoms with Crippen LogP contribution in [0.4, 0.5) is 20.4 Å². The van der Waals surface area contributed by atoms with Gasteiger partial charge in [-0.1, -0.05) is 36.4 Å². The van der Waals surface area contributed by atoms with Gasteiger partial charge in [0.25, 0.3) is 5.91 Å². The van der Waals surface area contributed by atoms with Gasteiger partial charge in [-0.25, -0.2) is 18.7 Å². The molecule has 1 amide bonds. The second-order valence-electron chi connectivity index (χ2n) is 5.16. The van der Waals surface area contributed by atoms with Gasteiger partial charge in [-0.05, 0) is 23.8 Å². The van der Waals surface area contributed by atoms with E-state index in [0.29, 0.717) is 6.54 Å². The largest absolute Gasteiger partial charge is 0.347 e. The lowest BCUT2D eigenvalue weighted by molar-refractivity contribution is 0.0946. The van der Waals surface area contributed by atoms with Gasteiger partial charge in [-0.15, -0.1) is 0 Å². The Hall–Kier alpha value is -3.35. The molecule has 0 aliphatic carbocycles. The normalized spacial score (nSPS) is 10.3. The second kappa shape index (κ2) is 7.48. The molecule has 0 atom stereocenters. The van der Waals surface area contributed by atoms with E-state index in [0.717, 1.165) is 17.7 Å². The number of benzene rings is 2. The van der Waals surface area contributed by atoms with Gasteiger partial charge in [0.2, 0.25) is 5.95 Å². The average molecular weight is 340 g/mol. The molecule has 0 saturated carbocycles. The lowest BCUT2D eigenvalue weighted by Crippen LogP contribution is -2.24. The minimum Gasteiger partial charge on any atom is -0.347 e. The third-order valence-corrected chi connectivity index (χ3v) is 3.38. The fourth-order valence-corrected chi connectivity index (χ4v) is 2.14. The number of hydrogen-bond donors (Lipinski definition) is 2. The molecule has 0 spiro atoms.